The van der Waals surface area contributed by atoms with Crippen molar-refractivity contribution in [3.63, 3.8) is 0 Å². The van der Waals surface area contributed by atoms with Gasteiger partial charge in [0.15, 0.2) is 0 Å². The van der Waals surface area contributed by atoms with E-state index in [1.165, 1.54) is 11.1 Å². The second kappa shape index (κ2) is 4.56. The van der Waals surface area contributed by atoms with E-state index in [4.69, 9.17) is 0 Å². The van der Waals surface area contributed by atoms with Gasteiger partial charge in [-0.3, -0.25) is 4.98 Å². The van der Waals surface area contributed by atoms with Crippen LogP contribution in [0.3, 0.4) is 0 Å². The SMILES string of the molecule is C=CCc1ccccc1-c1cccnc1. The van der Waals surface area contributed by atoms with E-state index in [-0.39, 0.29) is 0 Å². The molecule has 0 N–H and O–H groups in total. The molecule has 1 nitrogen and oxygen atoms in total. The van der Waals surface area contributed by atoms with E-state index >= 15 is 0 Å². The molecule has 0 saturated carbocycles. The van der Waals surface area contributed by atoms with Gasteiger partial charge in [0.05, 0.1) is 0 Å². The van der Waals surface area contributed by atoms with E-state index in [2.05, 4.69) is 41.9 Å². The third-order valence-electron chi connectivity index (χ3n) is 2.35. The first kappa shape index (κ1) is 9.66. The molecule has 1 heterocycles. The Bertz CT molecular complexity index is 446. The second-order valence-corrected chi connectivity index (χ2v) is 3.39. The fourth-order valence-electron chi connectivity index (χ4n) is 1.66. The summed E-state index contributed by atoms with van der Waals surface area (Å²) in [6.07, 6.45) is 6.50. The number of hydrogen-bond acceptors (Lipinski definition) is 1. The lowest BCUT2D eigenvalue weighted by Gasteiger charge is -2.06. The summed E-state index contributed by atoms with van der Waals surface area (Å²) in [5.41, 5.74) is 3.70. The third kappa shape index (κ3) is 2.13. The Hall–Kier alpha value is -1.89. The summed E-state index contributed by atoms with van der Waals surface area (Å²) < 4.78 is 0. The fourth-order valence-corrected chi connectivity index (χ4v) is 1.66. The smallest absolute Gasteiger partial charge is 0.0346 e. The van der Waals surface area contributed by atoms with E-state index in [9.17, 15) is 0 Å². The Balaban J connectivity index is 2.48. The van der Waals surface area contributed by atoms with Gasteiger partial charge < -0.3 is 0 Å². The van der Waals surface area contributed by atoms with Crippen LogP contribution in [0.2, 0.25) is 0 Å². The van der Waals surface area contributed by atoms with Gasteiger partial charge in [0.2, 0.25) is 0 Å². The highest BCUT2D eigenvalue weighted by molar-refractivity contribution is 5.66. The molecule has 1 heteroatoms. The van der Waals surface area contributed by atoms with Crippen LogP contribution in [0.4, 0.5) is 0 Å². The van der Waals surface area contributed by atoms with Crippen LogP contribution in [-0.4, -0.2) is 4.98 Å². The van der Waals surface area contributed by atoms with Crippen molar-refractivity contribution in [3.8, 4) is 11.1 Å². The standard InChI is InChI=1S/C14H13N/c1-2-6-12-7-3-4-9-14(12)13-8-5-10-15-11-13/h2-5,7-11H,1,6H2. The number of aromatic nitrogens is 1. The topological polar surface area (TPSA) is 12.9 Å². The van der Waals surface area contributed by atoms with Crippen LogP contribution in [0.1, 0.15) is 5.56 Å². The van der Waals surface area contributed by atoms with Gasteiger partial charge in [-0.2, -0.15) is 0 Å². The van der Waals surface area contributed by atoms with Gasteiger partial charge in [-0.1, -0.05) is 36.4 Å². The molecule has 0 aliphatic heterocycles. The van der Waals surface area contributed by atoms with Crippen molar-refractivity contribution in [3.05, 3.63) is 67.0 Å². The molecule has 0 bridgehead atoms. The molecule has 0 aliphatic rings. The van der Waals surface area contributed by atoms with Crippen LogP contribution in [0.5, 0.6) is 0 Å². The molecule has 1 aromatic carbocycles. The fraction of sp³-hybridized carbons (Fsp3) is 0.0714. The van der Waals surface area contributed by atoms with Crippen LogP contribution >= 0.6 is 0 Å². The van der Waals surface area contributed by atoms with Crippen molar-refractivity contribution in [2.24, 2.45) is 0 Å². The normalized spacial score (nSPS) is 9.87. The van der Waals surface area contributed by atoms with E-state index < -0.39 is 0 Å². The number of nitrogens with zero attached hydrogens (tertiary/aromatic N) is 1. The summed E-state index contributed by atoms with van der Waals surface area (Å²) in [7, 11) is 0. The molecule has 0 fully saturated rings. The van der Waals surface area contributed by atoms with Crippen molar-refractivity contribution in [2.75, 3.05) is 0 Å². The van der Waals surface area contributed by atoms with Crippen molar-refractivity contribution < 1.29 is 0 Å². The summed E-state index contributed by atoms with van der Waals surface area (Å²) in [5.74, 6) is 0. The minimum Gasteiger partial charge on any atom is -0.264 e. The third-order valence-corrected chi connectivity index (χ3v) is 2.35. The highest BCUT2D eigenvalue weighted by Crippen LogP contribution is 2.22. The minimum absolute atomic E-state index is 0.894. The molecular weight excluding hydrogens is 182 g/mol. The summed E-state index contributed by atoms with van der Waals surface area (Å²) >= 11 is 0. The largest absolute Gasteiger partial charge is 0.264 e. The second-order valence-electron chi connectivity index (χ2n) is 3.39. The van der Waals surface area contributed by atoms with Crippen molar-refractivity contribution in [1.29, 1.82) is 0 Å². The minimum atomic E-state index is 0.894. The van der Waals surface area contributed by atoms with Crippen molar-refractivity contribution in [2.45, 2.75) is 6.42 Å². The van der Waals surface area contributed by atoms with Crippen molar-refractivity contribution >= 4 is 0 Å². The van der Waals surface area contributed by atoms with Crippen LogP contribution < -0.4 is 0 Å². The average Bonchev–Trinajstić information content (AvgIpc) is 2.31. The molecule has 0 atom stereocenters. The maximum Gasteiger partial charge on any atom is 0.0346 e. The summed E-state index contributed by atoms with van der Waals surface area (Å²) in [4.78, 5) is 4.14. The molecule has 1 aromatic heterocycles. The van der Waals surface area contributed by atoms with E-state index in [1.807, 2.05) is 18.3 Å². The Labute approximate surface area is 90.1 Å². The molecule has 0 unspecified atom stereocenters. The number of benzene rings is 1. The molecule has 74 valence electrons. The molecule has 0 amide bonds. The van der Waals surface area contributed by atoms with Gasteiger partial charge in [-0.15, -0.1) is 6.58 Å². The lowest BCUT2D eigenvalue weighted by atomic mass is 9.99. The monoisotopic (exact) mass is 195 g/mol. The van der Waals surface area contributed by atoms with Gasteiger partial charge >= 0.3 is 0 Å². The number of allylic oxidation sites excluding steroid dienone is 1. The first-order valence-electron chi connectivity index (χ1n) is 5.01. The van der Waals surface area contributed by atoms with Gasteiger partial charge in [0, 0.05) is 18.0 Å². The molecule has 15 heavy (non-hydrogen) atoms. The van der Waals surface area contributed by atoms with Crippen LogP contribution in [0.25, 0.3) is 11.1 Å². The van der Waals surface area contributed by atoms with Crippen LogP contribution in [-0.2, 0) is 6.42 Å². The number of rotatable bonds is 3. The molecule has 2 aromatic rings. The Morgan fingerprint density at radius 1 is 1.13 bits per heavy atom. The zero-order valence-corrected chi connectivity index (χ0v) is 8.56. The van der Waals surface area contributed by atoms with Gasteiger partial charge in [-0.25, -0.2) is 0 Å². The molecule has 0 radical (unpaired) electrons. The zero-order chi connectivity index (χ0) is 10.5. The number of pyridine rings is 1. The van der Waals surface area contributed by atoms with Crippen LogP contribution in [0, 0.1) is 0 Å². The molecule has 0 aliphatic carbocycles. The van der Waals surface area contributed by atoms with E-state index in [0.717, 1.165) is 12.0 Å². The van der Waals surface area contributed by atoms with Gasteiger partial charge in [0.1, 0.15) is 0 Å². The average molecular weight is 195 g/mol. The molecule has 0 spiro atoms. The highest BCUT2D eigenvalue weighted by atomic mass is 14.6. The summed E-state index contributed by atoms with van der Waals surface area (Å²) in [5, 5.41) is 0. The maximum atomic E-state index is 4.14. The number of hydrogen-bond donors (Lipinski definition) is 0. The molecule has 2 rings (SSSR count). The highest BCUT2D eigenvalue weighted by Gasteiger charge is 2.01. The van der Waals surface area contributed by atoms with Gasteiger partial charge in [-0.05, 0) is 23.6 Å². The van der Waals surface area contributed by atoms with Gasteiger partial charge in [0.25, 0.3) is 0 Å². The zero-order valence-electron chi connectivity index (χ0n) is 8.56. The van der Waals surface area contributed by atoms with Crippen molar-refractivity contribution in [1.82, 2.24) is 4.98 Å². The Kier molecular flexibility index (Phi) is 2.93. The predicted molar refractivity (Wildman–Crippen MR) is 63.6 cm³/mol. The predicted octanol–water partition coefficient (Wildman–Crippen LogP) is 3.48. The molecule has 0 saturated heterocycles. The lowest BCUT2D eigenvalue weighted by molar-refractivity contribution is 1.26. The molecular formula is C14H13N. The van der Waals surface area contributed by atoms with Crippen LogP contribution in [0.15, 0.2) is 61.4 Å². The van der Waals surface area contributed by atoms with E-state index in [1.54, 1.807) is 6.20 Å². The summed E-state index contributed by atoms with van der Waals surface area (Å²) in [6.45, 7) is 3.78. The summed E-state index contributed by atoms with van der Waals surface area (Å²) in [6, 6.07) is 12.4. The van der Waals surface area contributed by atoms with E-state index in [0.29, 0.717) is 0 Å². The first-order chi connectivity index (χ1) is 7.42. The Morgan fingerprint density at radius 3 is 2.73 bits per heavy atom. The quantitative estimate of drug-likeness (QED) is 0.683. The Morgan fingerprint density at radius 2 is 2.00 bits per heavy atom. The first-order valence-corrected chi connectivity index (χ1v) is 5.01. The maximum absolute atomic E-state index is 4.14. The lowest BCUT2D eigenvalue weighted by Crippen LogP contribution is -1.87.